The number of hydrogen-bond acceptors (Lipinski definition) is 5. The van der Waals surface area contributed by atoms with Gasteiger partial charge in [-0.3, -0.25) is 0 Å². The van der Waals surface area contributed by atoms with Crippen LogP contribution < -0.4 is 10.6 Å². The molecule has 2 N–H and O–H groups in total. The summed E-state index contributed by atoms with van der Waals surface area (Å²) in [6.07, 6.45) is 4.18. The summed E-state index contributed by atoms with van der Waals surface area (Å²) < 4.78 is 5.56. The standard InChI is InChI=1S/C13H22N4O/c1-13(2,3)17-12-7-11(15-9-16-12)14-8-10-5-4-6-18-10/h7,9-10H,4-6,8H2,1-3H3,(H2,14,15,16,17). The highest BCUT2D eigenvalue weighted by molar-refractivity contribution is 5.47. The van der Waals surface area contributed by atoms with Crippen LogP contribution in [0.3, 0.4) is 0 Å². The summed E-state index contributed by atoms with van der Waals surface area (Å²) in [5.41, 5.74) is 0.000185. The lowest BCUT2D eigenvalue weighted by Gasteiger charge is -2.21. The third kappa shape index (κ3) is 4.14. The molecule has 1 unspecified atom stereocenters. The van der Waals surface area contributed by atoms with Crippen LogP contribution in [0.25, 0.3) is 0 Å². The SMILES string of the molecule is CC(C)(C)Nc1cc(NCC2CCCO2)ncn1. The normalized spacial score (nSPS) is 19.8. The van der Waals surface area contributed by atoms with Crippen molar-refractivity contribution in [2.24, 2.45) is 0 Å². The summed E-state index contributed by atoms with van der Waals surface area (Å²) in [6, 6.07) is 1.93. The summed E-state index contributed by atoms with van der Waals surface area (Å²) in [7, 11) is 0. The van der Waals surface area contributed by atoms with Crippen molar-refractivity contribution >= 4 is 11.6 Å². The largest absolute Gasteiger partial charge is 0.376 e. The van der Waals surface area contributed by atoms with Crippen molar-refractivity contribution in [2.75, 3.05) is 23.8 Å². The summed E-state index contributed by atoms with van der Waals surface area (Å²) in [4.78, 5) is 8.42. The van der Waals surface area contributed by atoms with E-state index >= 15 is 0 Å². The molecule has 1 aromatic rings. The second kappa shape index (κ2) is 5.52. The van der Waals surface area contributed by atoms with Gasteiger partial charge in [0.25, 0.3) is 0 Å². The van der Waals surface area contributed by atoms with Crippen LogP contribution in [-0.4, -0.2) is 34.8 Å². The topological polar surface area (TPSA) is 59.1 Å². The van der Waals surface area contributed by atoms with Gasteiger partial charge in [-0.2, -0.15) is 0 Å². The van der Waals surface area contributed by atoms with Crippen LogP contribution in [0.2, 0.25) is 0 Å². The number of nitrogens with zero attached hydrogens (tertiary/aromatic N) is 2. The van der Waals surface area contributed by atoms with Crippen LogP contribution in [0.15, 0.2) is 12.4 Å². The summed E-state index contributed by atoms with van der Waals surface area (Å²) >= 11 is 0. The fraction of sp³-hybridized carbons (Fsp3) is 0.692. The minimum Gasteiger partial charge on any atom is -0.376 e. The third-order valence-electron chi connectivity index (χ3n) is 2.70. The molecule has 18 heavy (non-hydrogen) atoms. The zero-order valence-electron chi connectivity index (χ0n) is 11.4. The Labute approximate surface area is 108 Å². The number of anilines is 2. The van der Waals surface area contributed by atoms with Crippen molar-refractivity contribution in [1.29, 1.82) is 0 Å². The third-order valence-corrected chi connectivity index (χ3v) is 2.70. The number of aromatic nitrogens is 2. The van der Waals surface area contributed by atoms with E-state index in [4.69, 9.17) is 4.74 Å². The minimum absolute atomic E-state index is 0.000185. The van der Waals surface area contributed by atoms with Crippen molar-refractivity contribution in [3.05, 3.63) is 12.4 Å². The van der Waals surface area contributed by atoms with Crippen LogP contribution in [0.5, 0.6) is 0 Å². The zero-order chi connectivity index (χ0) is 13.0. The molecule has 1 saturated heterocycles. The first kappa shape index (κ1) is 13.1. The highest BCUT2D eigenvalue weighted by atomic mass is 16.5. The van der Waals surface area contributed by atoms with E-state index in [0.717, 1.165) is 37.6 Å². The van der Waals surface area contributed by atoms with Gasteiger partial charge < -0.3 is 15.4 Å². The van der Waals surface area contributed by atoms with Gasteiger partial charge in [-0.25, -0.2) is 9.97 Å². The highest BCUT2D eigenvalue weighted by Crippen LogP contribution is 2.16. The Bertz CT molecular complexity index is 383. The maximum absolute atomic E-state index is 5.56. The number of rotatable bonds is 4. The van der Waals surface area contributed by atoms with Gasteiger partial charge in [0.2, 0.25) is 0 Å². The van der Waals surface area contributed by atoms with E-state index in [-0.39, 0.29) is 5.54 Å². The van der Waals surface area contributed by atoms with Crippen LogP contribution >= 0.6 is 0 Å². The van der Waals surface area contributed by atoms with E-state index in [1.165, 1.54) is 0 Å². The Morgan fingerprint density at radius 3 is 2.78 bits per heavy atom. The molecule has 0 aromatic carbocycles. The molecule has 5 heteroatoms. The highest BCUT2D eigenvalue weighted by Gasteiger charge is 2.15. The Morgan fingerprint density at radius 2 is 2.11 bits per heavy atom. The summed E-state index contributed by atoms with van der Waals surface area (Å²) in [5.74, 6) is 1.68. The molecular formula is C13H22N4O. The molecule has 5 nitrogen and oxygen atoms in total. The van der Waals surface area contributed by atoms with Gasteiger partial charge in [0.1, 0.15) is 18.0 Å². The maximum atomic E-state index is 5.56. The lowest BCUT2D eigenvalue weighted by molar-refractivity contribution is 0.120. The predicted molar refractivity (Wildman–Crippen MR) is 72.9 cm³/mol. The monoisotopic (exact) mass is 250 g/mol. The lowest BCUT2D eigenvalue weighted by atomic mass is 10.1. The smallest absolute Gasteiger partial charge is 0.131 e. The fourth-order valence-electron chi connectivity index (χ4n) is 1.93. The quantitative estimate of drug-likeness (QED) is 0.858. The van der Waals surface area contributed by atoms with Crippen LogP contribution in [0.4, 0.5) is 11.6 Å². The number of ether oxygens (including phenoxy) is 1. The molecule has 0 radical (unpaired) electrons. The van der Waals surface area contributed by atoms with E-state index in [2.05, 4.69) is 41.4 Å². The Kier molecular flexibility index (Phi) is 4.01. The molecule has 1 aliphatic heterocycles. The van der Waals surface area contributed by atoms with Crippen LogP contribution in [0, 0.1) is 0 Å². The van der Waals surface area contributed by atoms with Gasteiger partial charge >= 0.3 is 0 Å². The second-order valence-corrected chi connectivity index (χ2v) is 5.68. The Morgan fingerprint density at radius 1 is 1.33 bits per heavy atom. The molecule has 1 atom stereocenters. The van der Waals surface area contributed by atoms with Crippen molar-refractivity contribution in [3.8, 4) is 0 Å². The van der Waals surface area contributed by atoms with Crippen molar-refractivity contribution < 1.29 is 4.74 Å². The van der Waals surface area contributed by atoms with E-state index in [0.29, 0.717) is 6.10 Å². The molecule has 100 valence electrons. The van der Waals surface area contributed by atoms with E-state index in [1.54, 1.807) is 6.33 Å². The fourth-order valence-corrected chi connectivity index (χ4v) is 1.93. The molecule has 2 rings (SSSR count). The lowest BCUT2D eigenvalue weighted by Crippen LogP contribution is -2.27. The van der Waals surface area contributed by atoms with Gasteiger partial charge in [0, 0.05) is 24.8 Å². The number of hydrogen-bond donors (Lipinski definition) is 2. The van der Waals surface area contributed by atoms with Crippen LogP contribution in [0.1, 0.15) is 33.6 Å². The molecule has 1 aliphatic rings. The average Bonchev–Trinajstić information content (AvgIpc) is 2.77. The van der Waals surface area contributed by atoms with Crippen LogP contribution in [-0.2, 0) is 4.74 Å². The number of nitrogens with one attached hydrogen (secondary N) is 2. The molecule has 2 heterocycles. The molecule has 0 amide bonds. The minimum atomic E-state index is 0.000185. The predicted octanol–water partition coefficient (Wildman–Crippen LogP) is 2.28. The second-order valence-electron chi connectivity index (χ2n) is 5.68. The Hall–Kier alpha value is -1.36. The van der Waals surface area contributed by atoms with E-state index < -0.39 is 0 Å². The molecule has 0 aliphatic carbocycles. The maximum Gasteiger partial charge on any atom is 0.131 e. The summed E-state index contributed by atoms with van der Waals surface area (Å²) in [6.45, 7) is 8.01. The molecular weight excluding hydrogens is 228 g/mol. The first-order chi connectivity index (χ1) is 8.53. The van der Waals surface area contributed by atoms with Crippen molar-refractivity contribution in [1.82, 2.24) is 9.97 Å². The van der Waals surface area contributed by atoms with Gasteiger partial charge in [-0.15, -0.1) is 0 Å². The average molecular weight is 250 g/mol. The zero-order valence-corrected chi connectivity index (χ0v) is 11.4. The van der Waals surface area contributed by atoms with E-state index in [1.807, 2.05) is 6.07 Å². The van der Waals surface area contributed by atoms with Gasteiger partial charge in [-0.1, -0.05) is 0 Å². The van der Waals surface area contributed by atoms with Crippen molar-refractivity contribution in [3.63, 3.8) is 0 Å². The molecule has 1 aromatic heterocycles. The first-order valence-electron chi connectivity index (χ1n) is 6.49. The molecule has 0 bridgehead atoms. The molecule has 1 fully saturated rings. The molecule has 0 spiro atoms. The van der Waals surface area contributed by atoms with Gasteiger partial charge in [0.15, 0.2) is 0 Å². The van der Waals surface area contributed by atoms with E-state index in [9.17, 15) is 0 Å². The Balaban J connectivity index is 1.90. The first-order valence-corrected chi connectivity index (χ1v) is 6.49. The molecule has 0 saturated carbocycles. The summed E-state index contributed by atoms with van der Waals surface area (Å²) in [5, 5.41) is 6.62. The van der Waals surface area contributed by atoms with Gasteiger partial charge in [-0.05, 0) is 33.6 Å². The van der Waals surface area contributed by atoms with Crippen molar-refractivity contribution in [2.45, 2.75) is 45.3 Å². The van der Waals surface area contributed by atoms with Gasteiger partial charge in [0.05, 0.1) is 6.10 Å².